The van der Waals surface area contributed by atoms with Crippen molar-refractivity contribution in [2.45, 2.75) is 98.8 Å². The Balaban J connectivity index is 3.29. The molecule has 0 aliphatic heterocycles. The van der Waals surface area contributed by atoms with Crippen LogP contribution in [-0.4, -0.2) is 55.0 Å². The standard InChI is InChI=1S/C24H48N6O5/c1-7-12-17-31-28(6)22-25-23(29(32-18-13-8-2)33-19-14-9-3)27-24(26-22)30(34-20-15-10-4)35-21-16-11-5/h7-21H2,1-6H3. The van der Waals surface area contributed by atoms with Crippen LogP contribution < -0.4 is 15.5 Å². The first-order chi connectivity index (χ1) is 17.1. The van der Waals surface area contributed by atoms with Gasteiger partial charge in [-0.1, -0.05) is 77.2 Å². The lowest BCUT2D eigenvalue weighted by molar-refractivity contribution is -0.0988. The maximum Gasteiger partial charge on any atom is 0.284 e. The fourth-order valence-corrected chi connectivity index (χ4v) is 2.52. The van der Waals surface area contributed by atoms with Gasteiger partial charge in [0.05, 0.1) is 33.0 Å². The molecule has 1 rings (SSSR count). The van der Waals surface area contributed by atoms with Gasteiger partial charge >= 0.3 is 0 Å². The first-order valence-electron chi connectivity index (χ1n) is 13.4. The summed E-state index contributed by atoms with van der Waals surface area (Å²) in [5.41, 5.74) is 0. The molecule has 11 nitrogen and oxygen atoms in total. The van der Waals surface area contributed by atoms with Gasteiger partial charge in [-0.15, -0.1) is 0 Å². The molecule has 0 saturated heterocycles. The average Bonchev–Trinajstić information content (AvgIpc) is 2.87. The van der Waals surface area contributed by atoms with E-state index in [1.54, 1.807) is 7.05 Å². The Labute approximate surface area is 211 Å². The van der Waals surface area contributed by atoms with Crippen LogP contribution in [0.15, 0.2) is 0 Å². The Morgan fingerprint density at radius 1 is 0.457 bits per heavy atom. The number of rotatable bonds is 23. The van der Waals surface area contributed by atoms with Gasteiger partial charge < -0.3 is 0 Å². The number of aromatic nitrogens is 3. The van der Waals surface area contributed by atoms with E-state index in [1.807, 2.05) is 0 Å². The highest BCUT2D eigenvalue weighted by Gasteiger charge is 2.22. The molecule has 35 heavy (non-hydrogen) atoms. The Bertz CT molecular complexity index is 580. The highest BCUT2D eigenvalue weighted by atomic mass is 17.0. The largest absolute Gasteiger partial charge is 0.284 e. The molecule has 1 heterocycles. The molecule has 0 fully saturated rings. The molecule has 1 aromatic rings. The van der Waals surface area contributed by atoms with Crippen LogP contribution in [0.2, 0.25) is 0 Å². The molecular formula is C24H48N6O5. The molecule has 11 heteroatoms. The van der Waals surface area contributed by atoms with Gasteiger partial charge in [-0.25, -0.2) is 24.4 Å². The minimum absolute atomic E-state index is 0.200. The van der Waals surface area contributed by atoms with Crippen molar-refractivity contribution in [1.29, 1.82) is 0 Å². The average molecular weight is 501 g/mol. The maximum absolute atomic E-state index is 5.88. The van der Waals surface area contributed by atoms with Gasteiger partial charge in [-0.2, -0.15) is 15.0 Å². The minimum Gasteiger partial charge on any atom is -0.271 e. The summed E-state index contributed by atoms with van der Waals surface area (Å²) >= 11 is 0. The second kappa shape index (κ2) is 20.4. The number of unbranched alkanes of at least 4 members (excludes halogenated alkanes) is 5. The quantitative estimate of drug-likeness (QED) is 0.139. The zero-order valence-corrected chi connectivity index (χ0v) is 22.8. The van der Waals surface area contributed by atoms with Gasteiger partial charge in [0.25, 0.3) is 17.8 Å². The van der Waals surface area contributed by atoms with Crippen LogP contribution in [0, 0.1) is 0 Å². The molecule has 0 atom stereocenters. The molecule has 0 aliphatic carbocycles. The molecule has 1 aromatic heterocycles. The normalized spacial score (nSPS) is 11.1. The summed E-state index contributed by atoms with van der Waals surface area (Å²) in [4.78, 5) is 43.0. The van der Waals surface area contributed by atoms with Gasteiger partial charge in [-0.3, -0.25) is 4.84 Å². The highest BCUT2D eigenvalue weighted by Crippen LogP contribution is 2.21. The SMILES string of the molecule is CCCCON(C)c1nc(N(OCCCC)OCCCC)nc(N(OCCCC)OCCCC)n1. The van der Waals surface area contributed by atoms with Crippen molar-refractivity contribution in [3.05, 3.63) is 0 Å². The molecule has 0 radical (unpaired) electrons. The number of hydrogen-bond donors (Lipinski definition) is 0. The number of hydrogen-bond acceptors (Lipinski definition) is 11. The zero-order valence-electron chi connectivity index (χ0n) is 22.8. The van der Waals surface area contributed by atoms with Crippen LogP contribution in [0.3, 0.4) is 0 Å². The summed E-state index contributed by atoms with van der Waals surface area (Å²) in [5.74, 6) is 0.699. The number of nitrogens with zero attached hydrogens (tertiary/aromatic N) is 6. The molecule has 0 amide bonds. The van der Waals surface area contributed by atoms with Gasteiger partial charge in [0.15, 0.2) is 0 Å². The fraction of sp³-hybridized carbons (Fsp3) is 0.875. The molecule has 0 aliphatic rings. The van der Waals surface area contributed by atoms with E-state index in [9.17, 15) is 0 Å². The topological polar surface area (TPSA) is 94.5 Å². The molecule has 204 valence electrons. The predicted molar refractivity (Wildman–Crippen MR) is 137 cm³/mol. The van der Waals surface area contributed by atoms with E-state index in [1.165, 1.54) is 15.5 Å². The number of hydroxylamine groups is 1. The van der Waals surface area contributed by atoms with Gasteiger partial charge in [0.2, 0.25) is 0 Å². The summed E-state index contributed by atoms with van der Waals surface area (Å²) in [7, 11) is 1.76. The van der Waals surface area contributed by atoms with E-state index in [4.69, 9.17) is 24.2 Å². The van der Waals surface area contributed by atoms with E-state index >= 15 is 0 Å². The highest BCUT2D eigenvalue weighted by molar-refractivity contribution is 5.41. The minimum atomic E-state index is 0.200. The first-order valence-corrected chi connectivity index (χ1v) is 13.4. The molecule has 0 aromatic carbocycles. The second-order valence-electron chi connectivity index (χ2n) is 8.18. The lowest BCUT2D eigenvalue weighted by atomic mass is 10.4. The van der Waals surface area contributed by atoms with Crippen LogP contribution in [0.25, 0.3) is 0 Å². The van der Waals surface area contributed by atoms with E-state index < -0.39 is 0 Å². The van der Waals surface area contributed by atoms with Crippen molar-refractivity contribution < 1.29 is 24.2 Å². The smallest absolute Gasteiger partial charge is 0.271 e. The summed E-state index contributed by atoms with van der Waals surface area (Å²) in [5, 5.41) is 4.07. The second-order valence-corrected chi connectivity index (χ2v) is 8.18. The summed E-state index contributed by atoms with van der Waals surface area (Å²) in [6.07, 6.45) is 9.45. The fourth-order valence-electron chi connectivity index (χ4n) is 2.52. The van der Waals surface area contributed by atoms with Crippen molar-refractivity contribution in [1.82, 2.24) is 15.0 Å². The predicted octanol–water partition coefficient (Wildman–Crippen LogP) is 5.58. The van der Waals surface area contributed by atoms with Crippen molar-refractivity contribution in [3.8, 4) is 0 Å². The molecule has 0 N–H and O–H groups in total. The Hall–Kier alpha value is -1.79. The monoisotopic (exact) mass is 500 g/mol. The van der Waals surface area contributed by atoms with E-state index in [0.717, 1.165) is 64.2 Å². The molecule has 0 saturated carbocycles. The van der Waals surface area contributed by atoms with E-state index in [0.29, 0.717) is 39.0 Å². The summed E-state index contributed by atoms with van der Waals surface area (Å²) in [6.45, 7) is 13.0. The lowest BCUT2D eigenvalue weighted by Crippen LogP contribution is -2.32. The Morgan fingerprint density at radius 3 is 1.06 bits per heavy atom. The molecule has 0 bridgehead atoms. The van der Waals surface area contributed by atoms with E-state index in [2.05, 4.69) is 49.6 Å². The van der Waals surface area contributed by atoms with E-state index in [-0.39, 0.29) is 11.9 Å². The molecule has 0 unspecified atom stereocenters. The zero-order chi connectivity index (χ0) is 25.7. The van der Waals surface area contributed by atoms with Gasteiger partial charge in [0.1, 0.15) is 0 Å². The first kappa shape index (κ1) is 31.2. The maximum atomic E-state index is 5.88. The third-order valence-electron chi connectivity index (χ3n) is 4.82. The van der Waals surface area contributed by atoms with Crippen LogP contribution in [0.5, 0.6) is 0 Å². The summed E-state index contributed by atoms with van der Waals surface area (Å²) in [6, 6.07) is 0. The molecule has 0 spiro atoms. The summed E-state index contributed by atoms with van der Waals surface area (Å²) < 4.78 is 0. The van der Waals surface area contributed by atoms with Gasteiger partial charge in [-0.05, 0) is 32.1 Å². The van der Waals surface area contributed by atoms with Crippen LogP contribution in [0.4, 0.5) is 17.8 Å². The van der Waals surface area contributed by atoms with Crippen LogP contribution in [-0.2, 0) is 24.2 Å². The van der Waals surface area contributed by atoms with Crippen molar-refractivity contribution in [3.63, 3.8) is 0 Å². The van der Waals surface area contributed by atoms with Crippen LogP contribution in [0.1, 0.15) is 98.8 Å². The Morgan fingerprint density at radius 2 is 0.743 bits per heavy atom. The third-order valence-corrected chi connectivity index (χ3v) is 4.82. The molecular weight excluding hydrogens is 452 g/mol. The van der Waals surface area contributed by atoms with Crippen molar-refractivity contribution in [2.75, 3.05) is 55.6 Å². The van der Waals surface area contributed by atoms with Gasteiger partial charge in [0, 0.05) is 7.05 Å². The third kappa shape index (κ3) is 13.2. The Kier molecular flexibility index (Phi) is 18.2. The lowest BCUT2D eigenvalue weighted by Gasteiger charge is -2.25. The van der Waals surface area contributed by atoms with Crippen molar-refractivity contribution in [2.24, 2.45) is 0 Å². The van der Waals surface area contributed by atoms with Crippen LogP contribution >= 0.6 is 0 Å². The van der Waals surface area contributed by atoms with Crippen molar-refractivity contribution >= 4 is 17.8 Å². The number of anilines is 3.